The van der Waals surface area contributed by atoms with Crippen LogP contribution in [0.2, 0.25) is 0 Å². The summed E-state index contributed by atoms with van der Waals surface area (Å²) in [6.07, 6.45) is 10.9. The maximum atomic E-state index is 4.64. The number of pyridine rings is 1. The lowest BCUT2D eigenvalue weighted by Crippen LogP contribution is -2.39. The Bertz CT molecular complexity index is 889. The summed E-state index contributed by atoms with van der Waals surface area (Å²) in [5.41, 5.74) is 6.55. The monoisotopic (exact) mass is 521 g/mol. The van der Waals surface area contributed by atoms with Gasteiger partial charge in [0.15, 0.2) is 0 Å². The molecule has 3 rings (SSSR count). The first-order valence-electron chi connectivity index (χ1n) is 14.5. The highest BCUT2D eigenvalue weighted by Gasteiger charge is 2.18. The first kappa shape index (κ1) is 35.2. The maximum Gasteiger partial charge on any atom is 0.0885 e. The van der Waals surface area contributed by atoms with E-state index in [1.807, 2.05) is 57.4 Å². The van der Waals surface area contributed by atoms with Crippen LogP contribution in [-0.4, -0.2) is 56.0 Å². The van der Waals surface area contributed by atoms with Crippen molar-refractivity contribution in [3.8, 4) is 0 Å². The third-order valence-electron chi connectivity index (χ3n) is 6.05. The van der Waals surface area contributed by atoms with Crippen molar-refractivity contribution in [1.82, 2.24) is 20.5 Å². The van der Waals surface area contributed by atoms with Gasteiger partial charge in [0.25, 0.3) is 0 Å². The van der Waals surface area contributed by atoms with E-state index in [1.165, 1.54) is 22.3 Å². The second-order valence-corrected chi connectivity index (χ2v) is 8.52. The normalized spacial score (nSPS) is 13.6. The molecule has 0 radical (unpaired) electrons. The summed E-state index contributed by atoms with van der Waals surface area (Å²) in [6.45, 7) is 23.9. The van der Waals surface area contributed by atoms with Crippen LogP contribution in [0.15, 0.2) is 66.4 Å². The third kappa shape index (κ3) is 13.2. The second kappa shape index (κ2) is 23.4. The fourth-order valence-electron chi connectivity index (χ4n) is 4.26. The Morgan fingerprint density at radius 2 is 1.74 bits per heavy atom. The molecule has 0 aliphatic carbocycles. The Balaban J connectivity index is 0.00000116. The molecule has 1 aliphatic rings. The van der Waals surface area contributed by atoms with Crippen molar-refractivity contribution in [1.29, 1.82) is 0 Å². The Morgan fingerprint density at radius 3 is 2.21 bits per heavy atom. The Hall–Kier alpha value is -2.76. The van der Waals surface area contributed by atoms with Gasteiger partial charge in [0, 0.05) is 57.6 Å². The number of benzene rings is 1. The summed E-state index contributed by atoms with van der Waals surface area (Å²) in [5, 5.41) is 6.44. The fraction of sp³-hybridized carbons (Fsp3) is 0.515. The van der Waals surface area contributed by atoms with E-state index in [9.17, 15) is 0 Å². The molecule has 5 nitrogen and oxygen atoms in total. The van der Waals surface area contributed by atoms with Crippen molar-refractivity contribution in [3.63, 3.8) is 0 Å². The van der Waals surface area contributed by atoms with Gasteiger partial charge >= 0.3 is 0 Å². The predicted octanol–water partition coefficient (Wildman–Crippen LogP) is 7.45. The first-order valence-corrected chi connectivity index (χ1v) is 14.5. The molecule has 0 bridgehead atoms. The van der Waals surface area contributed by atoms with Gasteiger partial charge in [0.2, 0.25) is 0 Å². The van der Waals surface area contributed by atoms with E-state index in [0.29, 0.717) is 5.92 Å². The number of aliphatic imine (C=N–C) groups is 1. The highest BCUT2D eigenvalue weighted by molar-refractivity contribution is 5.70. The number of nitrogens with zero attached hydrogens (tertiary/aromatic N) is 3. The molecule has 1 aromatic heterocycles. The van der Waals surface area contributed by atoms with Gasteiger partial charge in [-0.25, -0.2) is 0 Å². The number of nitrogens with one attached hydrogen (secondary N) is 2. The molecule has 1 atom stereocenters. The lowest BCUT2D eigenvalue weighted by atomic mass is 9.84. The van der Waals surface area contributed by atoms with Crippen LogP contribution in [0.1, 0.15) is 89.1 Å². The SMILES string of the molecule is C1CNCCN1.C=CN(C=NC)CCC/C(=C/C)c1cc(C)ccc1C(CC)c1ccccn1.CC.CC. The quantitative estimate of drug-likeness (QED) is 0.252. The van der Waals surface area contributed by atoms with Crippen molar-refractivity contribution < 1.29 is 0 Å². The van der Waals surface area contributed by atoms with Crippen molar-refractivity contribution in [2.75, 3.05) is 39.8 Å². The maximum absolute atomic E-state index is 4.64. The van der Waals surface area contributed by atoms with Crippen molar-refractivity contribution in [3.05, 3.63) is 83.8 Å². The highest BCUT2D eigenvalue weighted by Crippen LogP contribution is 2.34. The molecule has 1 fully saturated rings. The summed E-state index contributed by atoms with van der Waals surface area (Å²) >= 11 is 0. The standard InChI is InChI=1S/C25H33N3.C4H10N2.2C2H6/c1-6-21(12-11-17-28(8-3)19-26-5)24-18-20(4)14-15-23(24)22(7-2)25-13-9-10-16-27-25;1-2-6-4-3-5-1;2*1-2/h6,8-10,13-16,18-19,22H,3,7,11-12,17H2,1-2,4-5H3;5-6H,1-4H2;2*1-2H3/b21-6-,26-19?;;;. The fourth-order valence-corrected chi connectivity index (χ4v) is 4.26. The molecule has 2 heterocycles. The number of piperazine rings is 1. The topological polar surface area (TPSA) is 52.5 Å². The molecule has 212 valence electrons. The van der Waals surface area contributed by atoms with Crippen LogP contribution in [0.3, 0.4) is 0 Å². The number of rotatable bonds is 10. The number of aryl methyl sites for hydroxylation is 1. The molecule has 1 aromatic carbocycles. The van der Waals surface area contributed by atoms with Gasteiger partial charge in [0.1, 0.15) is 0 Å². The molecular formula is C33H55N5. The molecule has 5 heteroatoms. The molecule has 2 aromatic rings. The van der Waals surface area contributed by atoms with Crippen molar-refractivity contribution in [2.24, 2.45) is 4.99 Å². The van der Waals surface area contributed by atoms with Gasteiger partial charge in [-0.05, 0) is 68.1 Å². The van der Waals surface area contributed by atoms with E-state index >= 15 is 0 Å². The Labute approximate surface area is 234 Å². The van der Waals surface area contributed by atoms with Crippen LogP contribution in [0, 0.1) is 6.92 Å². The average molecular weight is 522 g/mol. The van der Waals surface area contributed by atoms with E-state index in [4.69, 9.17) is 0 Å². The van der Waals surface area contributed by atoms with Gasteiger partial charge in [0.05, 0.1) is 6.34 Å². The van der Waals surface area contributed by atoms with E-state index in [1.54, 1.807) is 7.05 Å². The van der Waals surface area contributed by atoms with Crippen LogP contribution in [0.4, 0.5) is 0 Å². The largest absolute Gasteiger partial charge is 0.340 e. The molecule has 1 unspecified atom stereocenters. The van der Waals surface area contributed by atoms with Gasteiger partial charge in [-0.3, -0.25) is 9.98 Å². The average Bonchev–Trinajstić information content (AvgIpc) is 3.00. The summed E-state index contributed by atoms with van der Waals surface area (Å²) in [6, 6.07) is 13.0. The van der Waals surface area contributed by atoms with E-state index < -0.39 is 0 Å². The number of aromatic nitrogens is 1. The predicted molar refractivity (Wildman–Crippen MR) is 170 cm³/mol. The second-order valence-electron chi connectivity index (χ2n) is 8.52. The number of allylic oxidation sites excluding steroid dienone is 2. The molecule has 1 saturated heterocycles. The molecular weight excluding hydrogens is 466 g/mol. The van der Waals surface area contributed by atoms with Crippen LogP contribution < -0.4 is 10.6 Å². The molecule has 0 amide bonds. The Kier molecular flexibility index (Phi) is 21.7. The van der Waals surface area contributed by atoms with Gasteiger partial charge in [-0.2, -0.15) is 0 Å². The van der Waals surface area contributed by atoms with Crippen LogP contribution in [0.5, 0.6) is 0 Å². The molecule has 0 saturated carbocycles. The number of hydrogen-bond donors (Lipinski definition) is 2. The van der Waals surface area contributed by atoms with E-state index in [0.717, 1.165) is 57.7 Å². The lowest BCUT2D eigenvalue weighted by molar-refractivity contribution is 0.534. The lowest BCUT2D eigenvalue weighted by Gasteiger charge is -2.22. The first-order chi connectivity index (χ1) is 18.6. The Morgan fingerprint density at radius 1 is 1.08 bits per heavy atom. The zero-order chi connectivity index (χ0) is 28.6. The van der Waals surface area contributed by atoms with Gasteiger partial charge in [-0.1, -0.05) is 77.1 Å². The minimum absolute atomic E-state index is 0.309. The van der Waals surface area contributed by atoms with Gasteiger partial charge < -0.3 is 15.5 Å². The summed E-state index contributed by atoms with van der Waals surface area (Å²) in [7, 11) is 1.79. The summed E-state index contributed by atoms with van der Waals surface area (Å²) in [5.74, 6) is 0.309. The zero-order valence-electron chi connectivity index (χ0n) is 25.6. The molecule has 0 spiro atoms. The van der Waals surface area contributed by atoms with Crippen LogP contribution in [-0.2, 0) is 0 Å². The minimum Gasteiger partial charge on any atom is -0.340 e. The highest BCUT2D eigenvalue weighted by atomic mass is 15.1. The van der Waals surface area contributed by atoms with Crippen molar-refractivity contribution >= 4 is 11.9 Å². The smallest absolute Gasteiger partial charge is 0.0885 e. The van der Waals surface area contributed by atoms with Crippen molar-refractivity contribution in [2.45, 2.75) is 73.6 Å². The van der Waals surface area contributed by atoms with Gasteiger partial charge in [-0.15, -0.1) is 0 Å². The third-order valence-corrected chi connectivity index (χ3v) is 6.05. The molecule has 2 N–H and O–H groups in total. The minimum atomic E-state index is 0.309. The van der Waals surface area contributed by atoms with E-state index in [2.05, 4.69) is 84.4 Å². The number of hydrogen-bond acceptors (Lipinski definition) is 4. The zero-order valence-corrected chi connectivity index (χ0v) is 25.6. The van der Waals surface area contributed by atoms with E-state index in [-0.39, 0.29) is 0 Å². The molecule has 1 aliphatic heterocycles. The summed E-state index contributed by atoms with van der Waals surface area (Å²) < 4.78 is 0. The van der Waals surface area contributed by atoms with Crippen LogP contribution in [0.25, 0.3) is 5.57 Å². The van der Waals surface area contributed by atoms with Crippen LogP contribution >= 0.6 is 0 Å². The summed E-state index contributed by atoms with van der Waals surface area (Å²) in [4.78, 5) is 10.8. The molecule has 38 heavy (non-hydrogen) atoms.